The number of hydrogen-bond acceptors (Lipinski definition) is 4. The second-order valence-corrected chi connectivity index (χ2v) is 6.55. The molecule has 5 nitrogen and oxygen atoms in total. The maximum Gasteiger partial charge on any atom is 0.257 e. The van der Waals surface area contributed by atoms with Crippen LogP contribution in [0.4, 0.5) is 17.1 Å². The molecule has 0 unspecified atom stereocenters. The molecule has 0 aliphatic heterocycles. The zero-order valence-corrected chi connectivity index (χ0v) is 15.7. The molecule has 0 saturated carbocycles. The van der Waals surface area contributed by atoms with E-state index in [1.165, 1.54) is 13.1 Å². The molecule has 0 aliphatic rings. The van der Waals surface area contributed by atoms with E-state index in [-0.39, 0.29) is 11.7 Å². The molecule has 1 amide bonds. The fourth-order valence-corrected chi connectivity index (χ4v) is 2.67. The van der Waals surface area contributed by atoms with Gasteiger partial charge >= 0.3 is 0 Å². The van der Waals surface area contributed by atoms with Gasteiger partial charge in [-0.2, -0.15) is 0 Å². The Kier molecular flexibility index (Phi) is 5.52. The second kappa shape index (κ2) is 8.01. The van der Waals surface area contributed by atoms with Gasteiger partial charge in [-0.05, 0) is 49.7 Å². The lowest BCUT2D eigenvalue weighted by molar-refractivity contribution is 0.101. The number of amides is 1. The number of carbonyl (C=O) groups excluding carboxylic acids is 2. The molecule has 0 fully saturated rings. The van der Waals surface area contributed by atoms with Crippen LogP contribution in [0.1, 0.15) is 33.2 Å². The van der Waals surface area contributed by atoms with Gasteiger partial charge in [0, 0.05) is 28.2 Å². The van der Waals surface area contributed by atoms with Gasteiger partial charge in [-0.15, -0.1) is 0 Å². The summed E-state index contributed by atoms with van der Waals surface area (Å²) in [5.74, 6) is -0.371. The summed E-state index contributed by atoms with van der Waals surface area (Å²) in [5.41, 5.74) is 3.95. The Balaban J connectivity index is 1.76. The molecule has 27 heavy (non-hydrogen) atoms. The molecule has 0 atom stereocenters. The van der Waals surface area contributed by atoms with Crippen molar-refractivity contribution in [1.29, 1.82) is 0 Å². The highest BCUT2D eigenvalue weighted by Gasteiger charge is 2.09. The lowest BCUT2D eigenvalue weighted by Crippen LogP contribution is -2.13. The fraction of sp³-hybridized carbons (Fsp3) is 0.0952. The van der Waals surface area contributed by atoms with E-state index in [1.807, 2.05) is 25.1 Å². The highest BCUT2D eigenvalue weighted by molar-refractivity contribution is 6.31. The molecule has 2 N–H and O–H groups in total. The zero-order valence-electron chi connectivity index (χ0n) is 14.9. The molecule has 0 radical (unpaired) electrons. The third-order valence-electron chi connectivity index (χ3n) is 3.99. The molecule has 3 aromatic rings. The first-order valence-electron chi connectivity index (χ1n) is 8.33. The number of pyridine rings is 1. The molecular formula is C21H18ClN3O2. The number of ketones is 1. The number of nitrogens with zero attached hydrogens (tertiary/aromatic N) is 1. The van der Waals surface area contributed by atoms with E-state index in [9.17, 15) is 9.59 Å². The number of benzene rings is 2. The number of anilines is 3. The Morgan fingerprint density at radius 3 is 2.44 bits per heavy atom. The largest absolute Gasteiger partial charge is 0.354 e. The fourth-order valence-electron chi connectivity index (χ4n) is 2.49. The maximum absolute atomic E-state index is 12.5. The predicted octanol–water partition coefficient (Wildman–Crippen LogP) is 5.24. The van der Waals surface area contributed by atoms with Crippen molar-refractivity contribution in [2.45, 2.75) is 13.8 Å². The van der Waals surface area contributed by atoms with Crippen LogP contribution in [0.5, 0.6) is 0 Å². The van der Waals surface area contributed by atoms with Gasteiger partial charge in [0.1, 0.15) is 0 Å². The number of aromatic nitrogens is 1. The van der Waals surface area contributed by atoms with Crippen LogP contribution in [0, 0.1) is 6.92 Å². The lowest BCUT2D eigenvalue weighted by Gasteiger charge is -2.10. The summed E-state index contributed by atoms with van der Waals surface area (Å²) in [5, 5.41) is 6.62. The van der Waals surface area contributed by atoms with Crippen molar-refractivity contribution in [3.05, 3.63) is 82.6 Å². The number of rotatable bonds is 5. The topological polar surface area (TPSA) is 71.1 Å². The average Bonchev–Trinajstić information content (AvgIpc) is 2.65. The van der Waals surface area contributed by atoms with Crippen LogP contribution in [0.2, 0.25) is 5.02 Å². The quantitative estimate of drug-likeness (QED) is 0.594. The summed E-state index contributed by atoms with van der Waals surface area (Å²) in [6, 6.07) is 14.1. The van der Waals surface area contributed by atoms with Crippen LogP contribution in [0.3, 0.4) is 0 Å². The third-order valence-corrected chi connectivity index (χ3v) is 4.40. The number of nitrogens with one attached hydrogen (secondary N) is 2. The first-order chi connectivity index (χ1) is 12.9. The molecule has 0 aliphatic carbocycles. The monoisotopic (exact) mass is 379 g/mol. The number of hydrogen-bond donors (Lipinski definition) is 2. The number of Topliss-reactive ketones (excluding diaryl/α,β-unsaturated/α-hetero) is 1. The second-order valence-electron chi connectivity index (χ2n) is 6.14. The molecule has 0 saturated heterocycles. The summed E-state index contributed by atoms with van der Waals surface area (Å²) in [4.78, 5) is 28.1. The van der Waals surface area contributed by atoms with Crippen LogP contribution < -0.4 is 10.6 Å². The van der Waals surface area contributed by atoms with Crippen molar-refractivity contribution in [3.8, 4) is 0 Å². The molecule has 2 aromatic carbocycles. The molecule has 0 spiro atoms. The SMILES string of the molecule is CC(=O)c1cccc(NC(=O)c2cncc(Nc3ccc(C)c(Cl)c3)c2)c1. The molecule has 1 heterocycles. The van der Waals surface area contributed by atoms with Crippen LogP contribution >= 0.6 is 11.6 Å². The highest BCUT2D eigenvalue weighted by atomic mass is 35.5. The Morgan fingerprint density at radius 1 is 0.926 bits per heavy atom. The van der Waals surface area contributed by atoms with Gasteiger partial charge in [-0.1, -0.05) is 29.8 Å². The van der Waals surface area contributed by atoms with Crippen molar-refractivity contribution in [3.63, 3.8) is 0 Å². The standard InChI is InChI=1S/C21H18ClN3O2/c1-13-6-7-18(10-20(13)22)24-19-9-16(11-23-12-19)21(27)25-17-5-3-4-15(8-17)14(2)26/h3-12,24H,1-2H3,(H,25,27). The van der Waals surface area contributed by atoms with Gasteiger partial charge in [0.15, 0.2) is 5.78 Å². The van der Waals surface area contributed by atoms with E-state index in [0.717, 1.165) is 11.3 Å². The van der Waals surface area contributed by atoms with E-state index in [0.29, 0.717) is 27.5 Å². The van der Waals surface area contributed by atoms with Crippen LogP contribution in [-0.2, 0) is 0 Å². The Morgan fingerprint density at radius 2 is 1.70 bits per heavy atom. The first-order valence-corrected chi connectivity index (χ1v) is 8.71. The minimum Gasteiger partial charge on any atom is -0.354 e. The zero-order chi connectivity index (χ0) is 19.4. The lowest BCUT2D eigenvalue weighted by atomic mass is 10.1. The van der Waals surface area contributed by atoms with Crippen LogP contribution in [0.15, 0.2) is 60.9 Å². The van der Waals surface area contributed by atoms with Crippen molar-refractivity contribution in [2.24, 2.45) is 0 Å². The van der Waals surface area contributed by atoms with Gasteiger partial charge in [-0.25, -0.2) is 0 Å². The van der Waals surface area contributed by atoms with Gasteiger partial charge < -0.3 is 10.6 Å². The molecule has 3 rings (SSSR count). The number of carbonyl (C=O) groups is 2. The number of halogens is 1. The minimum absolute atomic E-state index is 0.0595. The smallest absolute Gasteiger partial charge is 0.257 e. The van der Waals surface area contributed by atoms with E-state index < -0.39 is 0 Å². The van der Waals surface area contributed by atoms with Gasteiger partial charge in [0.25, 0.3) is 5.91 Å². The molecular weight excluding hydrogens is 362 g/mol. The Labute approximate surface area is 162 Å². The van der Waals surface area contributed by atoms with E-state index >= 15 is 0 Å². The van der Waals surface area contributed by atoms with Gasteiger partial charge in [0.05, 0.1) is 17.4 Å². The maximum atomic E-state index is 12.5. The summed E-state index contributed by atoms with van der Waals surface area (Å²) in [6.45, 7) is 3.41. The summed E-state index contributed by atoms with van der Waals surface area (Å²) in [6.07, 6.45) is 3.11. The summed E-state index contributed by atoms with van der Waals surface area (Å²) in [7, 11) is 0. The number of aryl methyl sites for hydroxylation is 1. The molecule has 6 heteroatoms. The first kappa shape index (κ1) is 18.6. The van der Waals surface area contributed by atoms with Gasteiger partial charge in [0.2, 0.25) is 0 Å². The van der Waals surface area contributed by atoms with E-state index in [4.69, 9.17) is 11.6 Å². The van der Waals surface area contributed by atoms with Crippen LogP contribution in [-0.4, -0.2) is 16.7 Å². The van der Waals surface area contributed by atoms with Crippen molar-refractivity contribution < 1.29 is 9.59 Å². The summed E-state index contributed by atoms with van der Waals surface area (Å²) < 4.78 is 0. The van der Waals surface area contributed by atoms with Crippen LogP contribution in [0.25, 0.3) is 0 Å². The van der Waals surface area contributed by atoms with E-state index in [1.54, 1.807) is 36.5 Å². The predicted molar refractivity (Wildman–Crippen MR) is 108 cm³/mol. The highest BCUT2D eigenvalue weighted by Crippen LogP contribution is 2.23. The molecule has 0 bridgehead atoms. The molecule has 136 valence electrons. The Bertz CT molecular complexity index is 1020. The minimum atomic E-state index is -0.311. The summed E-state index contributed by atoms with van der Waals surface area (Å²) >= 11 is 6.14. The average molecular weight is 380 g/mol. The molecule has 1 aromatic heterocycles. The Hall–Kier alpha value is -3.18. The van der Waals surface area contributed by atoms with Crippen molar-refractivity contribution in [1.82, 2.24) is 4.98 Å². The van der Waals surface area contributed by atoms with Crippen molar-refractivity contribution in [2.75, 3.05) is 10.6 Å². The third kappa shape index (κ3) is 4.71. The normalized spacial score (nSPS) is 10.3. The van der Waals surface area contributed by atoms with Crippen molar-refractivity contribution >= 4 is 40.4 Å². The van der Waals surface area contributed by atoms with E-state index in [2.05, 4.69) is 15.6 Å². The van der Waals surface area contributed by atoms with Gasteiger partial charge in [-0.3, -0.25) is 14.6 Å².